The molecule has 0 saturated carbocycles. The van der Waals surface area contributed by atoms with Crippen LogP contribution in [0.2, 0.25) is 0 Å². The third-order valence-electron chi connectivity index (χ3n) is 4.83. The Morgan fingerprint density at radius 2 is 2.03 bits per heavy atom. The van der Waals surface area contributed by atoms with Gasteiger partial charge in [-0.3, -0.25) is 9.69 Å². The summed E-state index contributed by atoms with van der Waals surface area (Å²) in [5.41, 5.74) is 3.27. The minimum atomic E-state index is -0.694. The van der Waals surface area contributed by atoms with Crippen LogP contribution in [0.4, 0.5) is 5.69 Å². The van der Waals surface area contributed by atoms with Gasteiger partial charge in [0.05, 0.1) is 18.5 Å². The lowest BCUT2D eigenvalue weighted by atomic mass is 10.1. The Morgan fingerprint density at radius 1 is 1.24 bits per heavy atom. The number of thiazole rings is 1. The lowest BCUT2D eigenvalue weighted by molar-refractivity contribution is -0.144. The second-order valence-electron chi connectivity index (χ2n) is 6.59. The third-order valence-corrected chi connectivity index (χ3v) is 5.72. The van der Waals surface area contributed by atoms with Gasteiger partial charge in [-0.25, -0.2) is 9.78 Å². The Morgan fingerprint density at radius 3 is 2.76 bits per heavy atom. The van der Waals surface area contributed by atoms with Gasteiger partial charge in [-0.05, 0) is 24.6 Å². The molecule has 0 aliphatic carbocycles. The van der Waals surface area contributed by atoms with Crippen molar-refractivity contribution >= 4 is 28.9 Å². The molecular weight excluding hydrogens is 388 g/mol. The fourth-order valence-electron chi connectivity index (χ4n) is 3.38. The first-order chi connectivity index (χ1) is 14.1. The third kappa shape index (κ3) is 3.61. The first kappa shape index (κ1) is 19.1. The standard InChI is InChI=1S/C22H20N2O4S/c1-3-17(22(26)27-2)24-18-11-15(9-10-19(18)28-12-20(24)25)16-13-29-21(23-16)14-7-5-4-6-8-14/h4-11,13,17H,3,12H2,1-2H3. The Kier molecular flexibility index (Phi) is 5.31. The lowest BCUT2D eigenvalue weighted by Gasteiger charge is -2.34. The van der Waals surface area contributed by atoms with Gasteiger partial charge in [-0.1, -0.05) is 37.3 Å². The summed E-state index contributed by atoms with van der Waals surface area (Å²) in [6.07, 6.45) is 0.441. The van der Waals surface area contributed by atoms with E-state index in [9.17, 15) is 9.59 Å². The van der Waals surface area contributed by atoms with Gasteiger partial charge >= 0.3 is 5.97 Å². The van der Waals surface area contributed by atoms with Gasteiger partial charge < -0.3 is 9.47 Å². The fourth-order valence-corrected chi connectivity index (χ4v) is 4.22. The maximum absolute atomic E-state index is 12.6. The van der Waals surface area contributed by atoms with Crippen molar-refractivity contribution in [1.82, 2.24) is 4.98 Å². The predicted octanol–water partition coefficient (Wildman–Crippen LogP) is 4.15. The van der Waals surface area contributed by atoms with Gasteiger partial charge in [0.2, 0.25) is 0 Å². The van der Waals surface area contributed by atoms with Crippen LogP contribution in [0.3, 0.4) is 0 Å². The van der Waals surface area contributed by atoms with E-state index in [1.165, 1.54) is 12.0 Å². The summed E-state index contributed by atoms with van der Waals surface area (Å²) in [6.45, 7) is 1.75. The molecule has 1 amide bonds. The van der Waals surface area contributed by atoms with Gasteiger partial charge in [-0.2, -0.15) is 0 Å². The van der Waals surface area contributed by atoms with Crippen LogP contribution in [-0.4, -0.2) is 36.6 Å². The van der Waals surface area contributed by atoms with Crippen LogP contribution in [0.5, 0.6) is 5.75 Å². The first-order valence-electron chi connectivity index (χ1n) is 9.30. The van der Waals surface area contributed by atoms with E-state index in [1.54, 1.807) is 11.3 Å². The van der Waals surface area contributed by atoms with E-state index in [0.29, 0.717) is 17.9 Å². The minimum Gasteiger partial charge on any atom is -0.482 e. The molecule has 2 heterocycles. The molecule has 2 aromatic carbocycles. The summed E-state index contributed by atoms with van der Waals surface area (Å²) >= 11 is 1.56. The molecule has 0 spiro atoms. The van der Waals surface area contributed by atoms with Crippen molar-refractivity contribution in [1.29, 1.82) is 0 Å². The van der Waals surface area contributed by atoms with Gasteiger partial charge in [0.1, 0.15) is 16.8 Å². The number of esters is 1. The minimum absolute atomic E-state index is 0.102. The molecule has 0 saturated heterocycles. The molecule has 1 unspecified atom stereocenters. The average molecular weight is 408 g/mol. The number of anilines is 1. The zero-order valence-electron chi connectivity index (χ0n) is 16.1. The maximum atomic E-state index is 12.6. The largest absolute Gasteiger partial charge is 0.482 e. The number of rotatable bonds is 5. The Labute approximate surface area is 172 Å². The monoisotopic (exact) mass is 408 g/mol. The van der Waals surface area contributed by atoms with Crippen LogP contribution in [-0.2, 0) is 14.3 Å². The van der Waals surface area contributed by atoms with Crippen molar-refractivity contribution in [3.63, 3.8) is 0 Å². The van der Waals surface area contributed by atoms with Gasteiger partial charge in [-0.15, -0.1) is 11.3 Å². The van der Waals surface area contributed by atoms with Crippen LogP contribution in [0.1, 0.15) is 13.3 Å². The Balaban J connectivity index is 1.73. The summed E-state index contributed by atoms with van der Waals surface area (Å²) in [5, 5.41) is 2.90. The zero-order valence-corrected chi connectivity index (χ0v) is 16.9. The van der Waals surface area contributed by atoms with E-state index >= 15 is 0 Å². The SMILES string of the molecule is CCC(C(=O)OC)N1C(=O)COc2ccc(-c3csc(-c4ccccc4)n3)cc21. The van der Waals surface area contributed by atoms with Crippen LogP contribution in [0, 0.1) is 0 Å². The number of methoxy groups -OCH3 is 1. The van der Waals surface area contributed by atoms with E-state index in [-0.39, 0.29) is 12.5 Å². The first-order valence-corrected chi connectivity index (χ1v) is 10.2. The van der Waals surface area contributed by atoms with Crippen LogP contribution in [0.25, 0.3) is 21.8 Å². The van der Waals surface area contributed by atoms with Crippen molar-refractivity contribution < 1.29 is 19.1 Å². The normalized spacial score (nSPS) is 14.1. The maximum Gasteiger partial charge on any atom is 0.328 e. The number of amides is 1. The van der Waals surface area contributed by atoms with E-state index in [2.05, 4.69) is 0 Å². The van der Waals surface area contributed by atoms with Crippen LogP contribution >= 0.6 is 11.3 Å². The summed E-state index contributed by atoms with van der Waals surface area (Å²) in [7, 11) is 1.33. The molecule has 3 aromatic rings. The summed E-state index contributed by atoms with van der Waals surface area (Å²) < 4.78 is 10.5. The Hall–Kier alpha value is -3.19. The molecule has 0 radical (unpaired) electrons. The van der Waals surface area contributed by atoms with Crippen molar-refractivity contribution in [3.05, 3.63) is 53.9 Å². The smallest absolute Gasteiger partial charge is 0.328 e. The molecule has 0 fully saturated rings. The van der Waals surface area contributed by atoms with Gasteiger partial charge in [0.15, 0.2) is 6.61 Å². The summed E-state index contributed by atoms with van der Waals surface area (Å²) in [4.78, 5) is 31.1. The van der Waals surface area contributed by atoms with E-state index in [4.69, 9.17) is 14.5 Å². The van der Waals surface area contributed by atoms with Crippen molar-refractivity contribution in [2.75, 3.05) is 18.6 Å². The van der Waals surface area contributed by atoms with E-state index in [1.807, 2.05) is 60.8 Å². The van der Waals surface area contributed by atoms with Crippen LogP contribution < -0.4 is 9.64 Å². The van der Waals surface area contributed by atoms with Crippen molar-refractivity contribution in [2.24, 2.45) is 0 Å². The number of hydrogen-bond donors (Lipinski definition) is 0. The lowest BCUT2D eigenvalue weighted by Crippen LogP contribution is -2.49. The highest BCUT2D eigenvalue weighted by Gasteiger charge is 2.35. The fraction of sp³-hybridized carbons (Fsp3) is 0.227. The number of benzene rings is 2. The molecule has 1 aromatic heterocycles. The van der Waals surface area contributed by atoms with Crippen LogP contribution in [0.15, 0.2) is 53.9 Å². The quantitative estimate of drug-likeness (QED) is 0.593. The number of fused-ring (bicyclic) bond motifs is 1. The molecule has 4 rings (SSSR count). The number of aromatic nitrogens is 1. The molecule has 29 heavy (non-hydrogen) atoms. The van der Waals surface area contributed by atoms with E-state index in [0.717, 1.165) is 21.8 Å². The molecule has 7 heteroatoms. The molecule has 1 aliphatic rings. The Bertz CT molecular complexity index is 1050. The number of ether oxygens (including phenoxy) is 2. The molecule has 6 nitrogen and oxygen atoms in total. The van der Waals surface area contributed by atoms with Crippen molar-refractivity contribution in [3.8, 4) is 27.6 Å². The number of carbonyl (C=O) groups excluding carboxylic acids is 2. The second kappa shape index (κ2) is 8.05. The highest BCUT2D eigenvalue weighted by atomic mass is 32.1. The second-order valence-corrected chi connectivity index (χ2v) is 7.44. The summed E-state index contributed by atoms with van der Waals surface area (Å²) in [5.74, 6) is -0.150. The molecular formula is C22H20N2O4S. The van der Waals surface area contributed by atoms with Gasteiger partial charge in [0.25, 0.3) is 5.91 Å². The molecule has 0 N–H and O–H groups in total. The predicted molar refractivity (Wildman–Crippen MR) is 112 cm³/mol. The molecule has 0 bridgehead atoms. The number of nitrogens with zero attached hydrogens (tertiary/aromatic N) is 2. The highest BCUT2D eigenvalue weighted by Crippen LogP contribution is 2.38. The van der Waals surface area contributed by atoms with Gasteiger partial charge in [0, 0.05) is 16.5 Å². The zero-order chi connectivity index (χ0) is 20.4. The highest BCUT2D eigenvalue weighted by molar-refractivity contribution is 7.13. The van der Waals surface area contributed by atoms with Crippen molar-refractivity contribution in [2.45, 2.75) is 19.4 Å². The molecule has 1 atom stereocenters. The molecule has 148 valence electrons. The molecule has 1 aliphatic heterocycles. The van der Waals surface area contributed by atoms with E-state index < -0.39 is 12.0 Å². The number of hydrogen-bond acceptors (Lipinski definition) is 6. The topological polar surface area (TPSA) is 68.7 Å². The number of carbonyl (C=O) groups is 2. The summed E-state index contributed by atoms with van der Waals surface area (Å²) in [6, 6.07) is 14.9. The average Bonchev–Trinajstić information content (AvgIpc) is 3.26.